The lowest BCUT2D eigenvalue weighted by Crippen LogP contribution is -2.37. The molecule has 0 amide bonds. The maximum Gasteiger partial charge on any atom is 0.353 e. The molecular formula is C17H19N5O3. The van der Waals surface area contributed by atoms with Gasteiger partial charge in [-0.25, -0.2) is 9.97 Å². The molecule has 130 valence electrons. The number of anilines is 2. The van der Waals surface area contributed by atoms with Crippen LogP contribution in [0, 0.1) is 10.1 Å². The van der Waals surface area contributed by atoms with Gasteiger partial charge in [0.1, 0.15) is 6.33 Å². The molecule has 1 aliphatic carbocycles. The summed E-state index contributed by atoms with van der Waals surface area (Å²) in [6.45, 7) is 2.27. The molecule has 0 saturated carbocycles. The summed E-state index contributed by atoms with van der Waals surface area (Å²) in [4.78, 5) is 21.5. The summed E-state index contributed by atoms with van der Waals surface area (Å²) in [6.07, 6.45) is 3.07. The van der Waals surface area contributed by atoms with Gasteiger partial charge in [-0.2, -0.15) is 0 Å². The van der Waals surface area contributed by atoms with Crippen molar-refractivity contribution in [2.45, 2.75) is 18.9 Å². The van der Waals surface area contributed by atoms with Gasteiger partial charge in [0.2, 0.25) is 11.6 Å². The second kappa shape index (κ2) is 6.64. The Morgan fingerprint density at radius 2 is 1.84 bits per heavy atom. The Labute approximate surface area is 145 Å². The van der Waals surface area contributed by atoms with Gasteiger partial charge >= 0.3 is 5.69 Å². The zero-order valence-corrected chi connectivity index (χ0v) is 13.7. The number of benzene rings is 1. The van der Waals surface area contributed by atoms with E-state index < -0.39 is 4.92 Å². The van der Waals surface area contributed by atoms with Crippen molar-refractivity contribution < 1.29 is 9.66 Å². The molecule has 8 heteroatoms. The summed E-state index contributed by atoms with van der Waals surface area (Å²) < 4.78 is 5.32. The lowest BCUT2D eigenvalue weighted by atomic mass is 10.1. The summed E-state index contributed by atoms with van der Waals surface area (Å²) in [5.41, 5.74) is 2.51. The van der Waals surface area contributed by atoms with Crippen molar-refractivity contribution in [3.63, 3.8) is 0 Å². The molecule has 2 aliphatic rings. The highest BCUT2D eigenvalue weighted by Gasteiger charge is 2.30. The Balaban J connectivity index is 1.60. The van der Waals surface area contributed by atoms with Crippen molar-refractivity contribution in [3.8, 4) is 0 Å². The van der Waals surface area contributed by atoms with E-state index in [1.54, 1.807) is 0 Å². The third-order valence-corrected chi connectivity index (χ3v) is 4.69. The van der Waals surface area contributed by atoms with Gasteiger partial charge in [-0.1, -0.05) is 24.3 Å². The van der Waals surface area contributed by atoms with Gasteiger partial charge in [-0.05, 0) is 24.0 Å². The van der Waals surface area contributed by atoms with Gasteiger partial charge in [0.15, 0.2) is 0 Å². The number of nitro groups is 1. The summed E-state index contributed by atoms with van der Waals surface area (Å²) in [5, 5.41) is 15.0. The Bertz CT molecular complexity index is 767. The van der Waals surface area contributed by atoms with E-state index in [1.165, 1.54) is 17.5 Å². The van der Waals surface area contributed by atoms with Crippen LogP contribution < -0.4 is 10.2 Å². The third kappa shape index (κ3) is 3.12. The van der Waals surface area contributed by atoms with Crippen LogP contribution in [0.25, 0.3) is 0 Å². The van der Waals surface area contributed by atoms with Gasteiger partial charge in [0, 0.05) is 19.1 Å². The van der Waals surface area contributed by atoms with Crippen LogP contribution in [0.3, 0.4) is 0 Å². The Morgan fingerprint density at radius 1 is 1.16 bits per heavy atom. The topological polar surface area (TPSA) is 93.4 Å². The van der Waals surface area contributed by atoms with Crippen LogP contribution in [0.15, 0.2) is 30.6 Å². The van der Waals surface area contributed by atoms with Crippen molar-refractivity contribution in [2.75, 3.05) is 36.5 Å². The molecule has 0 spiro atoms. The highest BCUT2D eigenvalue weighted by atomic mass is 16.6. The van der Waals surface area contributed by atoms with Crippen LogP contribution in [0.1, 0.15) is 11.1 Å². The maximum absolute atomic E-state index is 11.7. The number of rotatable bonds is 4. The average molecular weight is 341 g/mol. The normalized spacial score (nSPS) is 17.4. The quantitative estimate of drug-likeness (QED) is 0.669. The largest absolute Gasteiger partial charge is 0.378 e. The minimum absolute atomic E-state index is 0.0552. The molecule has 0 radical (unpaired) electrons. The SMILES string of the molecule is O=[N+]([O-])c1c(NC2Cc3ccccc3C2)ncnc1N1CCOCC1. The van der Waals surface area contributed by atoms with Crippen LogP contribution in [-0.2, 0) is 17.6 Å². The van der Waals surface area contributed by atoms with E-state index in [4.69, 9.17) is 4.74 Å². The van der Waals surface area contributed by atoms with Crippen molar-refractivity contribution in [1.29, 1.82) is 0 Å². The maximum atomic E-state index is 11.7. The number of hydrogen-bond donors (Lipinski definition) is 1. The minimum atomic E-state index is -0.394. The molecule has 0 bridgehead atoms. The number of morpholine rings is 1. The first-order valence-electron chi connectivity index (χ1n) is 8.38. The molecule has 1 aliphatic heterocycles. The minimum Gasteiger partial charge on any atom is -0.378 e. The van der Waals surface area contributed by atoms with Crippen LogP contribution in [0.2, 0.25) is 0 Å². The van der Waals surface area contributed by atoms with Crippen molar-refractivity contribution in [3.05, 3.63) is 51.8 Å². The summed E-state index contributed by atoms with van der Waals surface area (Å²) >= 11 is 0. The van der Waals surface area contributed by atoms with Crippen LogP contribution in [-0.4, -0.2) is 47.2 Å². The summed E-state index contributed by atoms with van der Waals surface area (Å²) in [6, 6.07) is 8.34. The predicted molar refractivity (Wildman–Crippen MR) is 93.0 cm³/mol. The second-order valence-corrected chi connectivity index (χ2v) is 6.27. The molecular weight excluding hydrogens is 322 g/mol. The molecule has 25 heavy (non-hydrogen) atoms. The number of fused-ring (bicyclic) bond motifs is 1. The van der Waals surface area contributed by atoms with Crippen LogP contribution in [0.4, 0.5) is 17.3 Å². The fraction of sp³-hybridized carbons (Fsp3) is 0.412. The first-order valence-corrected chi connectivity index (χ1v) is 8.38. The molecule has 0 unspecified atom stereocenters. The number of hydrogen-bond acceptors (Lipinski definition) is 7. The third-order valence-electron chi connectivity index (χ3n) is 4.69. The molecule has 1 aromatic carbocycles. The fourth-order valence-corrected chi connectivity index (χ4v) is 3.50. The van der Waals surface area contributed by atoms with Gasteiger partial charge in [-0.3, -0.25) is 10.1 Å². The Kier molecular flexibility index (Phi) is 4.19. The molecule has 8 nitrogen and oxygen atoms in total. The molecule has 2 heterocycles. The molecule has 1 aromatic heterocycles. The molecule has 4 rings (SSSR count). The second-order valence-electron chi connectivity index (χ2n) is 6.27. The monoisotopic (exact) mass is 341 g/mol. The van der Waals surface area contributed by atoms with Crippen LogP contribution in [0.5, 0.6) is 0 Å². The molecule has 1 fully saturated rings. The molecule has 1 N–H and O–H groups in total. The molecule has 1 saturated heterocycles. The zero-order chi connectivity index (χ0) is 17.2. The van der Waals surface area contributed by atoms with Crippen LogP contribution >= 0.6 is 0 Å². The van der Waals surface area contributed by atoms with E-state index in [9.17, 15) is 10.1 Å². The van der Waals surface area contributed by atoms with Crippen molar-refractivity contribution >= 4 is 17.3 Å². The van der Waals surface area contributed by atoms with E-state index in [1.807, 2.05) is 17.0 Å². The van der Waals surface area contributed by atoms with E-state index in [0.717, 1.165) is 12.8 Å². The highest BCUT2D eigenvalue weighted by molar-refractivity contribution is 5.70. The number of aromatic nitrogens is 2. The van der Waals surface area contributed by atoms with Gasteiger partial charge in [0.05, 0.1) is 18.1 Å². The van der Waals surface area contributed by atoms with Gasteiger partial charge in [0.25, 0.3) is 0 Å². The molecule has 0 atom stereocenters. The Morgan fingerprint density at radius 3 is 2.48 bits per heavy atom. The first kappa shape index (κ1) is 15.8. The average Bonchev–Trinajstić information content (AvgIpc) is 3.04. The van der Waals surface area contributed by atoms with E-state index in [0.29, 0.717) is 37.9 Å². The Hall–Kier alpha value is -2.74. The van der Waals surface area contributed by atoms with Gasteiger partial charge in [-0.15, -0.1) is 0 Å². The fourth-order valence-electron chi connectivity index (χ4n) is 3.50. The number of nitrogens with zero attached hydrogens (tertiary/aromatic N) is 4. The summed E-state index contributed by atoms with van der Waals surface area (Å²) in [5.74, 6) is 0.653. The van der Waals surface area contributed by atoms with Crippen molar-refractivity contribution in [1.82, 2.24) is 9.97 Å². The van der Waals surface area contributed by atoms with E-state index >= 15 is 0 Å². The standard InChI is InChI=1S/C17H19N5O3/c23-22(24)15-16(18-11-19-17(15)21-5-7-25-8-6-21)20-14-9-12-3-1-2-4-13(12)10-14/h1-4,11,14H,5-10H2,(H,18,19,20). The van der Waals surface area contributed by atoms with Gasteiger partial charge < -0.3 is 15.0 Å². The number of ether oxygens (including phenoxy) is 1. The van der Waals surface area contributed by atoms with Crippen molar-refractivity contribution in [2.24, 2.45) is 0 Å². The first-order chi connectivity index (χ1) is 12.2. The lowest BCUT2D eigenvalue weighted by molar-refractivity contribution is -0.383. The van der Waals surface area contributed by atoms with E-state index in [2.05, 4.69) is 27.4 Å². The summed E-state index contributed by atoms with van der Waals surface area (Å²) in [7, 11) is 0. The predicted octanol–water partition coefficient (Wildman–Crippen LogP) is 1.80. The smallest absolute Gasteiger partial charge is 0.353 e. The molecule has 2 aromatic rings. The lowest BCUT2D eigenvalue weighted by Gasteiger charge is -2.27. The zero-order valence-electron chi connectivity index (χ0n) is 13.7. The highest BCUT2D eigenvalue weighted by Crippen LogP contribution is 2.34. The number of nitrogens with one attached hydrogen (secondary N) is 1. The van der Waals surface area contributed by atoms with E-state index in [-0.39, 0.29) is 11.7 Å².